The Morgan fingerprint density at radius 2 is 2.06 bits per heavy atom. The van der Waals surface area contributed by atoms with Crippen LogP contribution in [0.4, 0.5) is 4.79 Å². The van der Waals surface area contributed by atoms with E-state index in [9.17, 15) is 9.59 Å². The lowest BCUT2D eigenvalue weighted by molar-refractivity contribution is -0.121. The maximum absolute atomic E-state index is 11.6. The number of amides is 3. The Balaban J connectivity index is 2.29. The standard InChI is InChI=1S/C11H22N4O2/c1-4-15(9-5-12-6-9)7-10(16)14-11(17)13-8(2)3/h8-9,12H,4-7H2,1-3H3,(H2,13,14,16,17). The van der Waals surface area contributed by atoms with Crippen molar-refractivity contribution in [2.45, 2.75) is 32.9 Å². The molecular weight excluding hydrogens is 220 g/mol. The van der Waals surface area contributed by atoms with E-state index in [0.29, 0.717) is 6.04 Å². The molecule has 1 rings (SSSR count). The van der Waals surface area contributed by atoms with E-state index in [0.717, 1.165) is 19.6 Å². The highest BCUT2D eigenvalue weighted by Crippen LogP contribution is 2.03. The Morgan fingerprint density at radius 3 is 2.47 bits per heavy atom. The molecule has 0 aliphatic carbocycles. The topological polar surface area (TPSA) is 73.5 Å². The van der Waals surface area contributed by atoms with E-state index in [-0.39, 0.29) is 18.5 Å². The fourth-order valence-corrected chi connectivity index (χ4v) is 1.68. The lowest BCUT2D eigenvalue weighted by Gasteiger charge is -2.37. The number of hydrogen-bond acceptors (Lipinski definition) is 4. The Morgan fingerprint density at radius 1 is 1.41 bits per heavy atom. The molecule has 6 heteroatoms. The first kappa shape index (κ1) is 13.9. The van der Waals surface area contributed by atoms with Crippen LogP contribution in [0.2, 0.25) is 0 Å². The van der Waals surface area contributed by atoms with Gasteiger partial charge in [-0.25, -0.2) is 4.79 Å². The van der Waals surface area contributed by atoms with Gasteiger partial charge in [-0.3, -0.25) is 15.0 Å². The molecule has 3 N–H and O–H groups in total. The van der Waals surface area contributed by atoms with Gasteiger partial charge in [0.1, 0.15) is 0 Å². The molecule has 1 saturated heterocycles. The summed E-state index contributed by atoms with van der Waals surface area (Å²) in [4.78, 5) is 25.0. The van der Waals surface area contributed by atoms with Crippen molar-refractivity contribution in [1.82, 2.24) is 20.9 Å². The van der Waals surface area contributed by atoms with Gasteiger partial charge in [-0.1, -0.05) is 6.92 Å². The van der Waals surface area contributed by atoms with E-state index in [1.165, 1.54) is 0 Å². The number of imide groups is 1. The van der Waals surface area contributed by atoms with Crippen molar-refractivity contribution in [2.75, 3.05) is 26.2 Å². The van der Waals surface area contributed by atoms with Gasteiger partial charge in [-0.05, 0) is 20.4 Å². The number of rotatable bonds is 5. The first-order valence-corrected chi connectivity index (χ1v) is 6.08. The number of urea groups is 1. The molecule has 1 heterocycles. The quantitative estimate of drug-likeness (QED) is 0.608. The number of carbonyl (C=O) groups excluding carboxylic acids is 2. The van der Waals surface area contributed by atoms with Crippen LogP contribution >= 0.6 is 0 Å². The fraction of sp³-hybridized carbons (Fsp3) is 0.818. The first-order chi connectivity index (χ1) is 8.02. The van der Waals surface area contributed by atoms with E-state index in [1.54, 1.807) is 0 Å². The fourth-order valence-electron chi connectivity index (χ4n) is 1.68. The molecule has 0 aromatic carbocycles. The molecule has 0 aromatic heterocycles. The van der Waals surface area contributed by atoms with Crippen LogP contribution in [0.1, 0.15) is 20.8 Å². The van der Waals surface area contributed by atoms with Crippen LogP contribution in [0.5, 0.6) is 0 Å². The maximum Gasteiger partial charge on any atom is 0.321 e. The maximum atomic E-state index is 11.6. The monoisotopic (exact) mass is 242 g/mol. The lowest BCUT2D eigenvalue weighted by Crippen LogP contribution is -2.59. The molecule has 17 heavy (non-hydrogen) atoms. The third-order valence-corrected chi connectivity index (χ3v) is 2.70. The molecule has 0 radical (unpaired) electrons. The molecular formula is C11H22N4O2. The SMILES string of the molecule is CCN(CC(=O)NC(=O)NC(C)C)C1CNC1. The molecule has 0 atom stereocenters. The van der Waals surface area contributed by atoms with Crippen LogP contribution in [-0.2, 0) is 4.79 Å². The number of hydrogen-bond donors (Lipinski definition) is 3. The summed E-state index contributed by atoms with van der Waals surface area (Å²) < 4.78 is 0. The third kappa shape index (κ3) is 4.70. The Hall–Kier alpha value is -1.14. The molecule has 0 aromatic rings. The molecule has 0 bridgehead atoms. The van der Waals surface area contributed by atoms with Gasteiger partial charge in [0, 0.05) is 25.2 Å². The summed E-state index contributed by atoms with van der Waals surface area (Å²) in [5.74, 6) is -0.253. The zero-order valence-corrected chi connectivity index (χ0v) is 10.7. The zero-order chi connectivity index (χ0) is 12.8. The van der Waals surface area contributed by atoms with Crippen molar-refractivity contribution in [2.24, 2.45) is 0 Å². The van der Waals surface area contributed by atoms with Crippen LogP contribution in [0.15, 0.2) is 0 Å². The largest absolute Gasteiger partial charge is 0.336 e. The highest BCUT2D eigenvalue weighted by molar-refractivity contribution is 5.95. The van der Waals surface area contributed by atoms with E-state index in [2.05, 4.69) is 20.9 Å². The summed E-state index contributed by atoms with van der Waals surface area (Å²) in [6.07, 6.45) is 0. The molecule has 0 spiro atoms. The minimum atomic E-state index is -0.423. The summed E-state index contributed by atoms with van der Waals surface area (Å²) in [6.45, 7) is 8.63. The highest BCUT2D eigenvalue weighted by atomic mass is 16.2. The van der Waals surface area contributed by atoms with Gasteiger partial charge in [0.2, 0.25) is 5.91 Å². The van der Waals surface area contributed by atoms with Crippen LogP contribution in [-0.4, -0.2) is 55.1 Å². The first-order valence-electron chi connectivity index (χ1n) is 6.08. The van der Waals surface area contributed by atoms with Crippen molar-refractivity contribution in [1.29, 1.82) is 0 Å². The average molecular weight is 242 g/mol. The summed E-state index contributed by atoms with van der Waals surface area (Å²) in [6, 6.07) is 0.0209. The predicted octanol–water partition coefficient (Wildman–Crippen LogP) is -0.486. The van der Waals surface area contributed by atoms with E-state index < -0.39 is 6.03 Å². The van der Waals surface area contributed by atoms with Gasteiger partial charge in [-0.2, -0.15) is 0 Å². The summed E-state index contributed by atoms with van der Waals surface area (Å²) in [7, 11) is 0. The predicted molar refractivity (Wildman–Crippen MR) is 65.7 cm³/mol. The van der Waals surface area contributed by atoms with Gasteiger partial charge < -0.3 is 10.6 Å². The van der Waals surface area contributed by atoms with Crippen LogP contribution in [0.3, 0.4) is 0 Å². The Bertz CT molecular complexity index is 277. The molecule has 1 aliphatic heterocycles. The smallest absolute Gasteiger partial charge is 0.321 e. The second-order valence-corrected chi connectivity index (χ2v) is 4.55. The minimum Gasteiger partial charge on any atom is -0.336 e. The van der Waals surface area contributed by atoms with E-state index in [1.807, 2.05) is 20.8 Å². The highest BCUT2D eigenvalue weighted by Gasteiger charge is 2.25. The molecule has 6 nitrogen and oxygen atoms in total. The van der Waals surface area contributed by atoms with Crippen molar-refractivity contribution < 1.29 is 9.59 Å². The van der Waals surface area contributed by atoms with Crippen LogP contribution in [0.25, 0.3) is 0 Å². The summed E-state index contributed by atoms with van der Waals surface area (Å²) in [5, 5.41) is 8.11. The van der Waals surface area contributed by atoms with Crippen molar-refractivity contribution >= 4 is 11.9 Å². The summed E-state index contributed by atoms with van der Waals surface area (Å²) >= 11 is 0. The Labute approximate surface area is 102 Å². The molecule has 0 saturated carbocycles. The van der Waals surface area contributed by atoms with Crippen LogP contribution in [0, 0.1) is 0 Å². The van der Waals surface area contributed by atoms with E-state index in [4.69, 9.17) is 0 Å². The lowest BCUT2D eigenvalue weighted by atomic mass is 10.1. The molecule has 1 aliphatic rings. The number of nitrogens with zero attached hydrogens (tertiary/aromatic N) is 1. The number of carbonyl (C=O) groups is 2. The van der Waals surface area contributed by atoms with Gasteiger partial charge in [0.25, 0.3) is 0 Å². The van der Waals surface area contributed by atoms with Crippen LogP contribution < -0.4 is 16.0 Å². The number of nitrogens with one attached hydrogen (secondary N) is 3. The zero-order valence-electron chi connectivity index (χ0n) is 10.7. The van der Waals surface area contributed by atoms with Crippen molar-refractivity contribution in [3.8, 4) is 0 Å². The molecule has 0 unspecified atom stereocenters. The van der Waals surface area contributed by atoms with Gasteiger partial charge in [-0.15, -0.1) is 0 Å². The average Bonchev–Trinajstić information content (AvgIpc) is 2.11. The summed E-state index contributed by atoms with van der Waals surface area (Å²) in [5.41, 5.74) is 0. The molecule has 1 fully saturated rings. The number of likely N-dealkylation sites (N-methyl/N-ethyl adjacent to an activating group) is 1. The van der Waals surface area contributed by atoms with E-state index >= 15 is 0 Å². The molecule has 3 amide bonds. The Kier molecular flexibility index (Phi) is 5.37. The van der Waals surface area contributed by atoms with Crippen molar-refractivity contribution in [3.05, 3.63) is 0 Å². The minimum absolute atomic E-state index is 0.0286. The second-order valence-electron chi connectivity index (χ2n) is 4.55. The van der Waals surface area contributed by atoms with Gasteiger partial charge >= 0.3 is 6.03 Å². The molecule has 98 valence electrons. The van der Waals surface area contributed by atoms with Gasteiger partial charge in [0.15, 0.2) is 0 Å². The normalized spacial score (nSPS) is 15.8. The third-order valence-electron chi connectivity index (χ3n) is 2.70. The van der Waals surface area contributed by atoms with Crippen molar-refractivity contribution in [3.63, 3.8) is 0 Å². The van der Waals surface area contributed by atoms with Gasteiger partial charge in [0.05, 0.1) is 6.54 Å². The second kappa shape index (κ2) is 6.56.